The van der Waals surface area contributed by atoms with Crippen molar-refractivity contribution < 1.29 is 4.79 Å². The van der Waals surface area contributed by atoms with Crippen molar-refractivity contribution in [2.45, 2.75) is 22.6 Å². The number of hydrogen-bond donors (Lipinski definition) is 1. The van der Waals surface area contributed by atoms with Gasteiger partial charge in [-0.2, -0.15) is 0 Å². The Labute approximate surface area is 147 Å². The van der Waals surface area contributed by atoms with E-state index in [0.29, 0.717) is 0 Å². The third kappa shape index (κ3) is 2.86. The van der Waals surface area contributed by atoms with Gasteiger partial charge >= 0.3 is 0 Å². The van der Waals surface area contributed by atoms with Gasteiger partial charge in [0.25, 0.3) is 0 Å². The number of rotatable bonds is 4. The van der Waals surface area contributed by atoms with Gasteiger partial charge in [-0.3, -0.25) is 4.79 Å². The monoisotopic (exact) mass is 421 g/mol. The van der Waals surface area contributed by atoms with Crippen LogP contribution >= 0.6 is 31.9 Å². The molecule has 0 aliphatic heterocycles. The van der Waals surface area contributed by atoms with Crippen molar-refractivity contribution in [3.05, 3.63) is 71.8 Å². The molecule has 1 fully saturated rings. The molecule has 0 unspecified atom stereocenters. The molecule has 2 aromatic rings. The van der Waals surface area contributed by atoms with Crippen molar-refractivity contribution >= 4 is 37.8 Å². The van der Waals surface area contributed by atoms with Crippen LogP contribution in [0.1, 0.15) is 30.5 Å². The van der Waals surface area contributed by atoms with Crippen LogP contribution in [0.15, 0.2) is 60.7 Å². The Morgan fingerprint density at radius 2 is 1.41 bits per heavy atom. The van der Waals surface area contributed by atoms with Crippen LogP contribution in [0.3, 0.4) is 0 Å². The number of hydrogen-bond acceptors (Lipinski definition) is 1. The summed E-state index contributed by atoms with van der Waals surface area (Å²) in [7, 11) is 0. The van der Waals surface area contributed by atoms with Crippen LogP contribution in [0.5, 0.6) is 0 Å². The summed E-state index contributed by atoms with van der Waals surface area (Å²) in [5.41, 5.74) is 1.75. The molecule has 0 heterocycles. The molecule has 0 aromatic heterocycles. The predicted molar refractivity (Wildman–Crippen MR) is 96.2 cm³/mol. The van der Waals surface area contributed by atoms with Crippen LogP contribution in [0.25, 0.3) is 0 Å². The third-order valence-corrected chi connectivity index (χ3v) is 6.61. The summed E-state index contributed by atoms with van der Waals surface area (Å²) in [4.78, 5) is 12.7. The lowest BCUT2D eigenvalue weighted by Crippen LogP contribution is -2.36. The lowest BCUT2D eigenvalue weighted by Gasteiger charge is -2.23. The maximum Gasteiger partial charge on any atom is 0.229 e. The number of carbonyl (C=O) groups is 1. The van der Waals surface area contributed by atoms with Gasteiger partial charge < -0.3 is 5.32 Å². The molecule has 3 rings (SSSR count). The first-order chi connectivity index (χ1) is 10.4. The number of halogens is 2. The molecule has 4 heteroatoms. The maximum atomic E-state index is 12.7. The predicted octanol–water partition coefficient (Wildman–Crippen LogP) is 4.79. The van der Waals surface area contributed by atoms with Gasteiger partial charge in [-0.15, -0.1) is 0 Å². The zero-order chi connectivity index (χ0) is 15.8. The highest BCUT2D eigenvalue weighted by atomic mass is 79.9. The molecular weight excluding hydrogens is 406 g/mol. The van der Waals surface area contributed by atoms with Gasteiger partial charge in [0.15, 0.2) is 0 Å². The first kappa shape index (κ1) is 15.8. The van der Waals surface area contributed by atoms with Gasteiger partial charge in [0.2, 0.25) is 5.91 Å². The molecular formula is C18H17Br2NO. The largest absolute Gasteiger partial charge is 0.345 e. The highest BCUT2D eigenvalue weighted by Gasteiger charge is 2.66. The van der Waals surface area contributed by atoms with E-state index in [2.05, 4.69) is 37.2 Å². The molecule has 1 N–H and O–H groups in total. The molecule has 2 nitrogen and oxygen atoms in total. The summed E-state index contributed by atoms with van der Waals surface area (Å²) in [5.74, 6) is 0.0546. The van der Waals surface area contributed by atoms with Crippen molar-refractivity contribution in [2.75, 3.05) is 0 Å². The van der Waals surface area contributed by atoms with Crippen LogP contribution in [0, 0.1) is 5.41 Å². The van der Waals surface area contributed by atoms with Gasteiger partial charge in [-0.1, -0.05) is 92.5 Å². The molecule has 2 aromatic carbocycles. The summed E-state index contributed by atoms with van der Waals surface area (Å²) in [6.07, 6.45) is 0.780. The molecule has 0 spiro atoms. The van der Waals surface area contributed by atoms with Crippen LogP contribution in [-0.4, -0.2) is 9.14 Å². The Bertz CT molecular complexity index is 633. The second-order valence-electron chi connectivity index (χ2n) is 5.94. The van der Waals surface area contributed by atoms with Crippen molar-refractivity contribution in [3.8, 4) is 0 Å². The average Bonchev–Trinajstić information content (AvgIpc) is 3.06. The first-order valence-electron chi connectivity index (χ1n) is 7.23. The standard InChI is InChI=1S/C18H17Br2NO/c1-17(12-18(17,19)20)16(22)21-15(13-8-4-2-5-9-13)14-10-6-3-7-11-14/h2-11,15H,12H2,1H3,(H,21,22)/t17-/m0/s1. The highest BCUT2D eigenvalue weighted by Crippen LogP contribution is 2.66. The minimum Gasteiger partial charge on any atom is -0.345 e. The molecule has 1 atom stereocenters. The third-order valence-electron chi connectivity index (χ3n) is 4.30. The van der Waals surface area contributed by atoms with E-state index in [0.717, 1.165) is 17.5 Å². The highest BCUT2D eigenvalue weighted by molar-refractivity contribution is 9.25. The number of nitrogens with one attached hydrogen (secondary N) is 1. The van der Waals surface area contributed by atoms with Gasteiger partial charge in [0.1, 0.15) is 0 Å². The van der Waals surface area contributed by atoms with E-state index in [4.69, 9.17) is 0 Å². The Morgan fingerprint density at radius 3 is 1.77 bits per heavy atom. The van der Waals surface area contributed by atoms with Crippen molar-refractivity contribution in [3.63, 3.8) is 0 Å². The molecule has 114 valence electrons. The smallest absolute Gasteiger partial charge is 0.229 e. The zero-order valence-electron chi connectivity index (χ0n) is 12.2. The van der Waals surface area contributed by atoms with Gasteiger partial charge in [-0.05, 0) is 24.5 Å². The van der Waals surface area contributed by atoms with Crippen molar-refractivity contribution in [1.82, 2.24) is 5.32 Å². The molecule has 22 heavy (non-hydrogen) atoms. The Hall–Kier alpha value is -1.13. The second kappa shape index (κ2) is 5.82. The van der Waals surface area contributed by atoms with E-state index < -0.39 is 5.41 Å². The van der Waals surface area contributed by atoms with Crippen molar-refractivity contribution in [1.29, 1.82) is 0 Å². The minimum absolute atomic E-state index is 0.0546. The summed E-state index contributed by atoms with van der Waals surface area (Å²) in [6.45, 7) is 1.97. The van der Waals surface area contributed by atoms with Gasteiger partial charge in [0.05, 0.1) is 14.7 Å². The lowest BCUT2D eigenvalue weighted by atomic mass is 9.97. The minimum atomic E-state index is -0.422. The Morgan fingerprint density at radius 1 is 1.00 bits per heavy atom. The Kier molecular flexibility index (Phi) is 4.17. The van der Waals surface area contributed by atoms with E-state index in [9.17, 15) is 4.79 Å². The van der Waals surface area contributed by atoms with E-state index in [1.165, 1.54) is 0 Å². The van der Waals surface area contributed by atoms with Crippen LogP contribution in [0.2, 0.25) is 0 Å². The fourth-order valence-electron chi connectivity index (χ4n) is 2.59. The molecule has 1 saturated carbocycles. The maximum absolute atomic E-state index is 12.7. The van der Waals surface area contributed by atoms with Gasteiger partial charge in [-0.25, -0.2) is 0 Å². The SMILES string of the molecule is C[C@@]1(C(=O)NC(c2ccccc2)c2ccccc2)CC1(Br)Br. The summed E-state index contributed by atoms with van der Waals surface area (Å²) < 4.78 is -0.283. The number of carbonyl (C=O) groups excluding carboxylic acids is 1. The number of amides is 1. The lowest BCUT2D eigenvalue weighted by molar-refractivity contribution is -0.126. The average molecular weight is 423 g/mol. The fraction of sp³-hybridized carbons (Fsp3) is 0.278. The van der Waals surface area contributed by atoms with E-state index in [1.807, 2.05) is 67.6 Å². The normalized spacial score (nSPS) is 22.4. The molecule has 0 radical (unpaired) electrons. The number of benzene rings is 2. The van der Waals surface area contributed by atoms with Gasteiger partial charge in [0, 0.05) is 0 Å². The summed E-state index contributed by atoms with van der Waals surface area (Å²) in [5, 5.41) is 3.21. The molecule has 1 aliphatic rings. The molecule has 0 saturated heterocycles. The molecule has 0 bridgehead atoms. The van der Waals surface area contributed by atoms with Crippen LogP contribution < -0.4 is 5.32 Å². The second-order valence-corrected chi connectivity index (χ2v) is 9.71. The fourth-order valence-corrected chi connectivity index (χ4v) is 4.07. The quantitative estimate of drug-likeness (QED) is 0.705. The van der Waals surface area contributed by atoms with E-state index in [1.54, 1.807) is 0 Å². The molecule has 1 amide bonds. The zero-order valence-corrected chi connectivity index (χ0v) is 15.4. The first-order valence-corrected chi connectivity index (χ1v) is 8.81. The van der Waals surface area contributed by atoms with Crippen LogP contribution in [0.4, 0.5) is 0 Å². The van der Waals surface area contributed by atoms with Crippen LogP contribution in [-0.2, 0) is 4.79 Å². The van der Waals surface area contributed by atoms with E-state index >= 15 is 0 Å². The Balaban J connectivity index is 1.89. The van der Waals surface area contributed by atoms with Crippen molar-refractivity contribution in [2.24, 2.45) is 5.41 Å². The summed E-state index contributed by atoms with van der Waals surface area (Å²) in [6, 6.07) is 20.0. The topological polar surface area (TPSA) is 29.1 Å². The number of alkyl halides is 2. The van der Waals surface area contributed by atoms with E-state index in [-0.39, 0.29) is 15.2 Å². The molecule has 1 aliphatic carbocycles. The summed E-state index contributed by atoms with van der Waals surface area (Å²) >= 11 is 7.14.